The molecule has 0 saturated carbocycles. The summed E-state index contributed by atoms with van der Waals surface area (Å²) in [6, 6.07) is 11.9. The van der Waals surface area contributed by atoms with Crippen molar-refractivity contribution >= 4 is 0 Å². The Morgan fingerprint density at radius 3 is 1.62 bits per heavy atom. The minimum absolute atomic E-state index is 0.120. The third kappa shape index (κ3) is 8.48. The Bertz CT molecular complexity index is 525. The highest BCUT2D eigenvalue weighted by molar-refractivity contribution is 5.34. The van der Waals surface area contributed by atoms with Crippen molar-refractivity contribution in [1.29, 1.82) is 10.5 Å². The lowest BCUT2D eigenvalue weighted by Crippen LogP contribution is -2.35. The van der Waals surface area contributed by atoms with Crippen LogP contribution in [-0.4, -0.2) is 13.1 Å². The minimum Gasteiger partial charge on any atom is -0.298 e. The number of nitriles is 2. The molecule has 1 aromatic rings. The molecule has 0 aliphatic carbocycles. The van der Waals surface area contributed by atoms with Gasteiger partial charge in [0.05, 0.1) is 18.3 Å². The molecule has 142 valence electrons. The third-order valence-electron chi connectivity index (χ3n) is 4.62. The molecule has 4 heteroatoms. The van der Waals surface area contributed by atoms with Gasteiger partial charge in [-0.15, -0.1) is 0 Å². The SMILES string of the molecule is CCCCCCNC(NCCCCCC)c1ccc(C(C#N)C#N)cc1. The molecule has 0 aliphatic rings. The zero-order chi connectivity index (χ0) is 19.0. The summed E-state index contributed by atoms with van der Waals surface area (Å²) >= 11 is 0. The van der Waals surface area contributed by atoms with Crippen molar-refractivity contribution in [3.8, 4) is 12.1 Å². The first-order chi connectivity index (χ1) is 12.8. The van der Waals surface area contributed by atoms with Crippen LogP contribution in [0.15, 0.2) is 24.3 Å². The number of rotatable bonds is 14. The first kappa shape index (κ1) is 22.2. The maximum absolute atomic E-state index is 9.03. The average molecular weight is 355 g/mol. The predicted octanol–water partition coefficient (Wildman–Crippen LogP) is 5.16. The van der Waals surface area contributed by atoms with Gasteiger partial charge in [-0.05, 0) is 37.1 Å². The summed E-state index contributed by atoms with van der Waals surface area (Å²) in [5, 5.41) is 25.3. The summed E-state index contributed by atoms with van der Waals surface area (Å²) in [6.45, 7) is 6.44. The molecule has 0 atom stereocenters. The topological polar surface area (TPSA) is 71.6 Å². The summed E-state index contributed by atoms with van der Waals surface area (Å²) in [4.78, 5) is 0. The molecule has 0 radical (unpaired) electrons. The number of unbranched alkanes of at least 4 members (excludes halogenated alkanes) is 6. The van der Waals surface area contributed by atoms with Gasteiger partial charge in [0.1, 0.15) is 0 Å². The highest BCUT2D eigenvalue weighted by Crippen LogP contribution is 2.18. The van der Waals surface area contributed by atoms with Gasteiger partial charge >= 0.3 is 0 Å². The Morgan fingerprint density at radius 2 is 1.19 bits per heavy atom. The molecule has 0 fully saturated rings. The van der Waals surface area contributed by atoms with E-state index >= 15 is 0 Å². The van der Waals surface area contributed by atoms with Gasteiger partial charge in [0.15, 0.2) is 5.92 Å². The van der Waals surface area contributed by atoms with Crippen LogP contribution in [0.5, 0.6) is 0 Å². The second-order valence-corrected chi connectivity index (χ2v) is 6.82. The molecule has 0 heterocycles. The van der Waals surface area contributed by atoms with Gasteiger partial charge in [-0.2, -0.15) is 10.5 Å². The van der Waals surface area contributed by atoms with Gasteiger partial charge in [0.25, 0.3) is 0 Å². The largest absolute Gasteiger partial charge is 0.298 e. The molecule has 1 rings (SSSR count). The second-order valence-electron chi connectivity index (χ2n) is 6.82. The Labute approximate surface area is 159 Å². The van der Waals surface area contributed by atoms with E-state index in [4.69, 9.17) is 10.5 Å². The van der Waals surface area contributed by atoms with Gasteiger partial charge in [0, 0.05) is 0 Å². The highest BCUT2D eigenvalue weighted by atomic mass is 15.1. The standard InChI is InChI=1S/C22H34N4/c1-3-5-7-9-15-25-22(26-16-10-8-6-4-2)20-13-11-19(12-14-20)21(17-23)18-24/h11-14,21-22,25-26H,3-10,15-16H2,1-2H3. The molecule has 0 aromatic heterocycles. The molecule has 0 aliphatic heterocycles. The molecule has 2 N–H and O–H groups in total. The highest BCUT2D eigenvalue weighted by Gasteiger charge is 2.13. The van der Waals surface area contributed by atoms with Gasteiger partial charge in [-0.25, -0.2) is 0 Å². The van der Waals surface area contributed by atoms with Crippen LogP contribution in [0, 0.1) is 22.7 Å². The summed E-state index contributed by atoms with van der Waals surface area (Å²) in [5.74, 6) is -0.688. The van der Waals surface area contributed by atoms with E-state index in [0.717, 1.165) is 24.2 Å². The van der Waals surface area contributed by atoms with Crippen LogP contribution in [0.25, 0.3) is 0 Å². The van der Waals surface area contributed by atoms with E-state index < -0.39 is 5.92 Å². The lowest BCUT2D eigenvalue weighted by atomic mass is 10.00. The van der Waals surface area contributed by atoms with Gasteiger partial charge < -0.3 is 0 Å². The molecular formula is C22H34N4. The summed E-state index contributed by atoms with van der Waals surface area (Å²) in [5.41, 5.74) is 1.93. The molecule has 0 amide bonds. The smallest absolute Gasteiger partial charge is 0.158 e. The molecular weight excluding hydrogens is 320 g/mol. The molecule has 0 bridgehead atoms. The van der Waals surface area contributed by atoms with E-state index in [1.165, 1.54) is 51.4 Å². The van der Waals surface area contributed by atoms with Crippen LogP contribution >= 0.6 is 0 Å². The molecule has 4 nitrogen and oxygen atoms in total. The fraction of sp³-hybridized carbons (Fsp3) is 0.636. The lowest BCUT2D eigenvalue weighted by molar-refractivity contribution is 0.422. The second kappa shape index (κ2) is 14.3. The van der Waals surface area contributed by atoms with Crippen molar-refractivity contribution < 1.29 is 0 Å². The van der Waals surface area contributed by atoms with Crippen LogP contribution in [0.1, 0.15) is 88.4 Å². The predicted molar refractivity (Wildman–Crippen MR) is 107 cm³/mol. The average Bonchev–Trinajstić information content (AvgIpc) is 2.67. The molecule has 0 saturated heterocycles. The van der Waals surface area contributed by atoms with Crippen LogP contribution < -0.4 is 10.6 Å². The van der Waals surface area contributed by atoms with E-state index in [0.29, 0.717) is 0 Å². The number of benzene rings is 1. The van der Waals surface area contributed by atoms with E-state index in [-0.39, 0.29) is 6.17 Å². The van der Waals surface area contributed by atoms with Crippen LogP contribution in [0.3, 0.4) is 0 Å². The Kier molecular flexibility index (Phi) is 12.2. The zero-order valence-corrected chi connectivity index (χ0v) is 16.4. The van der Waals surface area contributed by atoms with E-state index in [1.54, 1.807) is 0 Å². The van der Waals surface area contributed by atoms with E-state index in [2.05, 4.69) is 24.5 Å². The molecule has 1 aromatic carbocycles. The number of hydrogen-bond acceptors (Lipinski definition) is 4. The Balaban J connectivity index is 2.63. The fourth-order valence-electron chi connectivity index (χ4n) is 2.96. The zero-order valence-electron chi connectivity index (χ0n) is 16.4. The minimum atomic E-state index is -0.688. The van der Waals surface area contributed by atoms with E-state index in [9.17, 15) is 0 Å². The maximum Gasteiger partial charge on any atom is 0.158 e. The van der Waals surface area contributed by atoms with Crippen molar-refractivity contribution in [3.63, 3.8) is 0 Å². The molecule has 0 spiro atoms. The van der Waals surface area contributed by atoms with Gasteiger partial charge in [0.2, 0.25) is 0 Å². The van der Waals surface area contributed by atoms with Crippen molar-refractivity contribution in [1.82, 2.24) is 10.6 Å². The Morgan fingerprint density at radius 1 is 0.731 bits per heavy atom. The monoisotopic (exact) mass is 354 g/mol. The number of hydrogen-bond donors (Lipinski definition) is 2. The third-order valence-corrected chi connectivity index (χ3v) is 4.62. The van der Waals surface area contributed by atoms with Gasteiger partial charge in [-0.1, -0.05) is 76.6 Å². The normalized spacial score (nSPS) is 10.8. The van der Waals surface area contributed by atoms with Gasteiger partial charge in [-0.3, -0.25) is 10.6 Å². The number of nitrogens with zero attached hydrogens (tertiary/aromatic N) is 2. The van der Waals surface area contributed by atoms with E-state index in [1.807, 2.05) is 36.4 Å². The van der Waals surface area contributed by atoms with Crippen LogP contribution in [-0.2, 0) is 0 Å². The van der Waals surface area contributed by atoms with Crippen molar-refractivity contribution in [2.75, 3.05) is 13.1 Å². The first-order valence-electron chi connectivity index (χ1n) is 10.1. The maximum atomic E-state index is 9.03. The first-order valence-corrected chi connectivity index (χ1v) is 10.1. The summed E-state index contributed by atoms with van der Waals surface area (Å²) in [6.07, 6.45) is 10.1. The summed E-state index contributed by atoms with van der Waals surface area (Å²) < 4.78 is 0. The lowest BCUT2D eigenvalue weighted by Gasteiger charge is -2.21. The van der Waals surface area contributed by atoms with Crippen molar-refractivity contribution in [2.24, 2.45) is 0 Å². The van der Waals surface area contributed by atoms with Crippen molar-refractivity contribution in [3.05, 3.63) is 35.4 Å². The van der Waals surface area contributed by atoms with Crippen LogP contribution in [0.2, 0.25) is 0 Å². The number of nitrogens with one attached hydrogen (secondary N) is 2. The van der Waals surface area contributed by atoms with Crippen LogP contribution in [0.4, 0.5) is 0 Å². The summed E-state index contributed by atoms with van der Waals surface area (Å²) in [7, 11) is 0. The molecule has 0 unspecified atom stereocenters. The Hall–Kier alpha value is -1.88. The van der Waals surface area contributed by atoms with Crippen molar-refractivity contribution in [2.45, 2.75) is 77.3 Å². The fourth-order valence-corrected chi connectivity index (χ4v) is 2.96. The molecule has 26 heavy (non-hydrogen) atoms. The quantitative estimate of drug-likeness (QED) is 0.358.